The average Bonchev–Trinajstić information content (AvgIpc) is 3.79. The molecule has 52 heavy (non-hydrogen) atoms. The van der Waals surface area contributed by atoms with E-state index in [0.29, 0.717) is 18.9 Å². The molecule has 1 fully saturated rings. The summed E-state index contributed by atoms with van der Waals surface area (Å²) in [6, 6.07) is 26.5. The molecule has 12 heteroatoms. The molecule has 0 radical (unpaired) electrons. The van der Waals surface area contributed by atoms with Crippen molar-refractivity contribution in [2.24, 2.45) is 0 Å². The van der Waals surface area contributed by atoms with E-state index in [1.165, 1.54) is 13.8 Å². The van der Waals surface area contributed by atoms with E-state index in [0.717, 1.165) is 29.5 Å². The molecule has 2 atom stereocenters. The van der Waals surface area contributed by atoms with Crippen molar-refractivity contribution in [2.75, 3.05) is 25.0 Å². The van der Waals surface area contributed by atoms with E-state index in [1.807, 2.05) is 95.9 Å². The molecule has 0 spiro atoms. The molecule has 1 unspecified atom stereocenters. The Kier molecular flexibility index (Phi) is 12.1. The van der Waals surface area contributed by atoms with Gasteiger partial charge >= 0.3 is 6.09 Å². The van der Waals surface area contributed by atoms with E-state index in [9.17, 15) is 19.2 Å². The van der Waals surface area contributed by atoms with Gasteiger partial charge in [0.25, 0.3) is 5.91 Å². The molecule has 5 rings (SSSR count). The highest BCUT2D eigenvalue weighted by molar-refractivity contribution is 5.99. The van der Waals surface area contributed by atoms with Crippen LogP contribution in [0.2, 0.25) is 0 Å². The molecule has 1 aliphatic rings. The summed E-state index contributed by atoms with van der Waals surface area (Å²) >= 11 is 0. The van der Waals surface area contributed by atoms with Crippen LogP contribution in [0.5, 0.6) is 0 Å². The first-order valence-electron chi connectivity index (χ1n) is 17.5. The van der Waals surface area contributed by atoms with Gasteiger partial charge in [-0.15, -0.1) is 0 Å². The highest BCUT2D eigenvalue weighted by Gasteiger charge is 2.36. The Morgan fingerprint density at radius 3 is 2.04 bits per heavy atom. The summed E-state index contributed by atoms with van der Waals surface area (Å²) in [6.07, 6.45) is 2.76. The van der Waals surface area contributed by atoms with Gasteiger partial charge in [0, 0.05) is 24.8 Å². The van der Waals surface area contributed by atoms with Crippen molar-refractivity contribution >= 4 is 29.6 Å². The van der Waals surface area contributed by atoms with E-state index in [4.69, 9.17) is 14.5 Å². The number of carbonyl (C=O) groups excluding carboxylic acids is 4. The molecule has 1 aliphatic heterocycles. The van der Waals surface area contributed by atoms with E-state index in [-0.39, 0.29) is 24.9 Å². The molecule has 12 nitrogen and oxygen atoms in total. The van der Waals surface area contributed by atoms with Gasteiger partial charge in [-0.2, -0.15) is 0 Å². The van der Waals surface area contributed by atoms with Gasteiger partial charge in [-0.25, -0.2) is 9.78 Å². The van der Waals surface area contributed by atoms with Crippen molar-refractivity contribution in [3.8, 4) is 11.4 Å². The molecule has 274 valence electrons. The lowest BCUT2D eigenvalue weighted by molar-refractivity contribution is -0.132. The number of nitrogens with zero attached hydrogens (tertiary/aromatic N) is 3. The quantitative estimate of drug-likeness (QED) is 0.162. The fraction of sp³-hybridized carbons (Fsp3) is 0.375. The van der Waals surface area contributed by atoms with Crippen LogP contribution in [0.3, 0.4) is 0 Å². The van der Waals surface area contributed by atoms with Crippen LogP contribution >= 0.6 is 0 Å². The Morgan fingerprint density at radius 2 is 1.42 bits per heavy atom. The number of aromatic nitrogens is 2. The summed E-state index contributed by atoms with van der Waals surface area (Å²) in [5.41, 5.74) is 0.211. The monoisotopic (exact) mass is 708 g/mol. The first-order valence-corrected chi connectivity index (χ1v) is 17.5. The third-order valence-electron chi connectivity index (χ3n) is 8.46. The molecule has 4 amide bonds. The van der Waals surface area contributed by atoms with Gasteiger partial charge in [0.15, 0.2) is 5.82 Å². The number of rotatable bonds is 13. The number of anilines is 1. The first kappa shape index (κ1) is 37.8. The molecule has 3 aromatic carbocycles. The topological polar surface area (TPSA) is 144 Å². The largest absolute Gasteiger partial charge is 0.444 e. The number of benzene rings is 3. The number of nitrogens with one attached hydrogen (secondary N) is 3. The van der Waals surface area contributed by atoms with Gasteiger partial charge in [0.05, 0.1) is 13.2 Å². The Hall–Kier alpha value is -5.49. The highest BCUT2D eigenvalue weighted by Crippen LogP contribution is 2.31. The minimum absolute atomic E-state index is 0.0599. The van der Waals surface area contributed by atoms with Crippen LogP contribution in [0.4, 0.5) is 10.6 Å². The van der Waals surface area contributed by atoms with Crippen molar-refractivity contribution in [3.63, 3.8) is 0 Å². The zero-order chi connectivity index (χ0) is 37.3. The van der Waals surface area contributed by atoms with Crippen molar-refractivity contribution in [1.29, 1.82) is 0 Å². The second-order valence-corrected chi connectivity index (χ2v) is 14.3. The summed E-state index contributed by atoms with van der Waals surface area (Å²) in [5, 5.41) is 8.19. The fourth-order valence-corrected chi connectivity index (χ4v) is 5.84. The minimum atomic E-state index is -1.44. The molecule has 1 saturated heterocycles. The molecule has 1 aromatic heterocycles. The molecule has 0 bridgehead atoms. The van der Waals surface area contributed by atoms with Gasteiger partial charge in [-0.05, 0) is 58.6 Å². The van der Waals surface area contributed by atoms with Crippen molar-refractivity contribution in [1.82, 2.24) is 25.1 Å². The van der Waals surface area contributed by atoms with Crippen LogP contribution in [0.1, 0.15) is 64.6 Å². The summed E-state index contributed by atoms with van der Waals surface area (Å²) < 4.78 is 13.1. The zero-order valence-corrected chi connectivity index (χ0v) is 30.4. The second-order valence-electron chi connectivity index (χ2n) is 14.3. The number of hydrogen-bond donors (Lipinski definition) is 3. The number of imidazole rings is 1. The van der Waals surface area contributed by atoms with E-state index >= 15 is 0 Å². The predicted molar refractivity (Wildman–Crippen MR) is 198 cm³/mol. The van der Waals surface area contributed by atoms with Crippen LogP contribution in [-0.4, -0.2) is 75.1 Å². The molecular formula is C40H48N6O6. The number of carbonyl (C=O) groups is 4. The molecule has 0 aliphatic carbocycles. The Balaban J connectivity index is 1.44. The van der Waals surface area contributed by atoms with Crippen LogP contribution in [0.15, 0.2) is 97.2 Å². The SMILES string of the molecule is CC(C)(C)OC(=O)NC(C)(C)C(=O)N[C@H](COCc1ccccc1)C(=O)Nc1cn(C(C(=O)N2CCCC2)c2ccccc2)c(-c2ccccc2)n1. The van der Waals surface area contributed by atoms with Crippen LogP contribution in [0.25, 0.3) is 11.4 Å². The predicted octanol–water partition coefficient (Wildman–Crippen LogP) is 5.71. The molecular weight excluding hydrogens is 660 g/mol. The van der Waals surface area contributed by atoms with Gasteiger partial charge in [0.2, 0.25) is 11.8 Å². The van der Waals surface area contributed by atoms with E-state index in [2.05, 4.69) is 16.0 Å². The summed E-state index contributed by atoms with van der Waals surface area (Å²) in [5.74, 6) is -0.609. The van der Waals surface area contributed by atoms with Gasteiger partial charge < -0.3 is 34.9 Å². The Morgan fingerprint density at radius 1 is 0.827 bits per heavy atom. The van der Waals surface area contributed by atoms with Crippen LogP contribution in [0, 0.1) is 0 Å². The van der Waals surface area contributed by atoms with Crippen molar-refractivity contribution < 1.29 is 28.7 Å². The normalized spacial score (nSPS) is 14.3. The average molecular weight is 709 g/mol. The number of ether oxygens (including phenoxy) is 2. The molecule has 3 N–H and O–H groups in total. The molecule has 4 aromatic rings. The lowest BCUT2D eigenvalue weighted by Crippen LogP contribution is -2.59. The number of alkyl carbamates (subject to hydrolysis) is 1. The molecule has 0 saturated carbocycles. The third kappa shape index (κ3) is 10.1. The van der Waals surface area contributed by atoms with E-state index < -0.39 is 41.1 Å². The summed E-state index contributed by atoms with van der Waals surface area (Å²) in [4.78, 5) is 61.0. The summed E-state index contributed by atoms with van der Waals surface area (Å²) in [6.45, 7) is 9.56. The lowest BCUT2D eigenvalue weighted by atomic mass is 10.0. The fourth-order valence-electron chi connectivity index (χ4n) is 5.84. The second kappa shape index (κ2) is 16.7. The van der Waals surface area contributed by atoms with Crippen molar-refractivity contribution in [2.45, 2.75) is 77.3 Å². The standard InChI is InChI=1S/C40H48N6O6/c1-39(2,3)52-38(50)44-40(4,5)37(49)41-31(27-51-26-28-17-9-6-10-18-28)35(47)43-32-25-46(34(42-32)30-21-13-8-14-22-30)33(29-19-11-7-12-20-29)36(48)45-23-15-16-24-45/h6-14,17-22,25,31,33H,15-16,23-24,26-27H2,1-5H3,(H,41,49)(H,43,47)(H,44,50)/t31-,33?/m1/s1. The maximum absolute atomic E-state index is 14.2. The Labute approximate surface area is 304 Å². The highest BCUT2D eigenvalue weighted by atomic mass is 16.6. The van der Waals surface area contributed by atoms with Gasteiger partial charge in [-0.3, -0.25) is 14.4 Å². The maximum Gasteiger partial charge on any atom is 0.408 e. The van der Waals surface area contributed by atoms with Crippen LogP contribution < -0.4 is 16.0 Å². The molecule has 2 heterocycles. The minimum Gasteiger partial charge on any atom is -0.444 e. The number of likely N-dealkylation sites (tertiary alicyclic amines) is 1. The number of amides is 4. The van der Waals surface area contributed by atoms with Gasteiger partial charge in [-0.1, -0.05) is 91.0 Å². The Bertz CT molecular complexity index is 1820. The first-order chi connectivity index (χ1) is 24.8. The number of hydrogen-bond acceptors (Lipinski definition) is 7. The smallest absolute Gasteiger partial charge is 0.408 e. The van der Waals surface area contributed by atoms with E-state index in [1.54, 1.807) is 31.5 Å². The maximum atomic E-state index is 14.2. The zero-order valence-electron chi connectivity index (χ0n) is 30.4. The summed E-state index contributed by atoms with van der Waals surface area (Å²) in [7, 11) is 0. The van der Waals surface area contributed by atoms with Crippen molar-refractivity contribution in [3.05, 3.63) is 108 Å². The lowest BCUT2D eigenvalue weighted by Gasteiger charge is -2.29. The third-order valence-corrected chi connectivity index (χ3v) is 8.46. The van der Waals surface area contributed by atoms with Crippen LogP contribution in [-0.2, 0) is 30.5 Å². The van der Waals surface area contributed by atoms with Gasteiger partial charge in [0.1, 0.15) is 29.0 Å².